The topological polar surface area (TPSA) is 59.1 Å². The monoisotopic (exact) mass is 336 g/mol. The summed E-state index contributed by atoms with van der Waals surface area (Å²) in [6, 6.07) is 0. The molecular formula is C18H28N2O4. The van der Waals surface area contributed by atoms with Crippen LogP contribution in [0.4, 0.5) is 4.79 Å². The molecule has 2 amide bonds. The Morgan fingerprint density at radius 3 is 2.58 bits per heavy atom. The van der Waals surface area contributed by atoms with Crippen molar-refractivity contribution in [3.63, 3.8) is 0 Å². The molecule has 6 heteroatoms. The van der Waals surface area contributed by atoms with Crippen molar-refractivity contribution in [3.8, 4) is 0 Å². The summed E-state index contributed by atoms with van der Waals surface area (Å²) in [5.41, 5.74) is -0.396. The Morgan fingerprint density at radius 2 is 1.92 bits per heavy atom. The first-order valence-corrected chi connectivity index (χ1v) is 9.25. The minimum Gasteiger partial charge on any atom is -0.412 e. The maximum absolute atomic E-state index is 12.6. The number of carbonyl (C=O) groups excluding carboxylic acids is 2. The molecule has 1 spiro atoms. The second-order valence-corrected chi connectivity index (χ2v) is 6.91. The molecular weight excluding hydrogens is 308 g/mol. The van der Waals surface area contributed by atoms with Gasteiger partial charge in [0.25, 0.3) is 0 Å². The van der Waals surface area contributed by atoms with Crippen molar-refractivity contribution in [3.05, 3.63) is 11.8 Å². The Hall–Kier alpha value is -1.56. The highest BCUT2D eigenvalue weighted by molar-refractivity contribution is 5.90. The van der Waals surface area contributed by atoms with E-state index in [1.807, 2.05) is 4.90 Å². The molecule has 6 nitrogen and oxygen atoms in total. The summed E-state index contributed by atoms with van der Waals surface area (Å²) in [7, 11) is 0. The number of nitrogens with zero attached hydrogens (tertiary/aromatic N) is 2. The number of cyclic esters (lactones) is 1. The second-order valence-electron chi connectivity index (χ2n) is 6.91. The molecule has 0 bridgehead atoms. The van der Waals surface area contributed by atoms with Crippen LogP contribution in [0.1, 0.15) is 51.9 Å². The van der Waals surface area contributed by atoms with Crippen LogP contribution in [0.25, 0.3) is 0 Å². The summed E-state index contributed by atoms with van der Waals surface area (Å²) < 4.78 is 10.9. The van der Waals surface area contributed by atoms with Gasteiger partial charge in [-0.15, -0.1) is 0 Å². The fourth-order valence-electron chi connectivity index (χ4n) is 3.98. The number of hydrogen-bond acceptors (Lipinski definition) is 4. The molecule has 0 atom stereocenters. The molecule has 2 aliphatic heterocycles. The van der Waals surface area contributed by atoms with Gasteiger partial charge in [-0.25, -0.2) is 4.79 Å². The van der Waals surface area contributed by atoms with E-state index in [1.165, 1.54) is 6.42 Å². The standard InChI is InChI=1S/C18H28N2O4/c1-2-3-9-20-17(22)24-15(18(20)7-5-4-6-8-18)14-16(21)19-10-12-23-13-11-19/h14H,2-13H2,1H3/b15-14+. The average molecular weight is 336 g/mol. The first-order valence-electron chi connectivity index (χ1n) is 9.25. The molecule has 3 rings (SSSR count). The number of hydrogen-bond donors (Lipinski definition) is 0. The summed E-state index contributed by atoms with van der Waals surface area (Å²) >= 11 is 0. The molecule has 24 heavy (non-hydrogen) atoms. The Balaban J connectivity index is 1.83. The van der Waals surface area contributed by atoms with Gasteiger partial charge >= 0.3 is 6.09 Å². The molecule has 0 radical (unpaired) electrons. The molecule has 1 saturated carbocycles. The minimum absolute atomic E-state index is 0.0663. The summed E-state index contributed by atoms with van der Waals surface area (Å²) in [6.45, 7) is 5.17. The molecule has 0 aromatic carbocycles. The summed E-state index contributed by atoms with van der Waals surface area (Å²) in [5, 5.41) is 0. The van der Waals surface area contributed by atoms with Crippen molar-refractivity contribution in [2.45, 2.75) is 57.4 Å². The van der Waals surface area contributed by atoms with Crippen LogP contribution in [-0.4, -0.2) is 60.2 Å². The van der Waals surface area contributed by atoms with Crippen LogP contribution in [0.15, 0.2) is 11.8 Å². The van der Waals surface area contributed by atoms with Gasteiger partial charge in [0.1, 0.15) is 11.3 Å². The lowest BCUT2D eigenvalue weighted by atomic mass is 9.79. The van der Waals surface area contributed by atoms with Gasteiger partial charge in [0, 0.05) is 25.7 Å². The number of ether oxygens (including phenoxy) is 2. The summed E-state index contributed by atoms with van der Waals surface area (Å²) in [4.78, 5) is 28.7. The molecule has 0 aromatic heterocycles. The Morgan fingerprint density at radius 1 is 1.21 bits per heavy atom. The number of unbranched alkanes of at least 4 members (excludes halogenated alkanes) is 1. The van der Waals surface area contributed by atoms with Crippen molar-refractivity contribution in [2.24, 2.45) is 0 Å². The van der Waals surface area contributed by atoms with Gasteiger partial charge in [-0.05, 0) is 19.3 Å². The van der Waals surface area contributed by atoms with Crippen LogP contribution < -0.4 is 0 Å². The van der Waals surface area contributed by atoms with E-state index in [-0.39, 0.29) is 12.0 Å². The lowest BCUT2D eigenvalue weighted by Crippen LogP contribution is -2.48. The normalized spacial score (nSPS) is 25.4. The lowest BCUT2D eigenvalue weighted by Gasteiger charge is -2.39. The van der Waals surface area contributed by atoms with Crippen molar-refractivity contribution in [2.75, 3.05) is 32.8 Å². The average Bonchev–Trinajstić information content (AvgIpc) is 2.85. The predicted octanol–water partition coefficient (Wildman–Crippen LogP) is 2.68. The Labute approximate surface area is 143 Å². The van der Waals surface area contributed by atoms with Gasteiger partial charge < -0.3 is 14.4 Å². The van der Waals surface area contributed by atoms with Crippen molar-refractivity contribution >= 4 is 12.0 Å². The third-order valence-electron chi connectivity index (χ3n) is 5.39. The van der Waals surface area contributed by atoms with Gasteiger partial charge in [0.05, 0.1) is 13.2 Å². The Kier molecular flexibility index (Phi) is 5.43. The van der Waals surface area contributed by atoms with Gasteiger partial charge in [-0.1, -0.05) is 32.6 Å². The van der Waals surface area contributed by atoms with Crippen molar-refractivity contribution in [1.82, 2.24) is 9.80 Å². The smallest absolute Gasteiger partial charge is 0.412 e. The molecule has 2 heterocycles. The number of morpholine rings is 1. The summed E-state index contributed by atoms with van der Waals surface area (Å²) in [6.07, 6.45) is 8.39. The van der Waals surface area contributed by atoms with Crippen LogP contribution >= 0.6 is 0 Å². The first kappa shape index (κ1) is 17.3. The fraction of sp³-hybridized carbons (Fsp3) is 0.778. The summed E-state index contributed by atoms with van der Waals surface area (Å²) in [5.74, 6) is 0.503. The SMILES string of the molecule is CCCCN1C(=O)O/C(=C/C(=O)N2CCOCC2)C12CCCCC2. The zero-order chi connectivity index (χ0) is 17.0. The van der Waals surface area contributed by atoms with Gasteiger partial charge in [0.2, 0.25) is 5.91 Å². The fourth-order valence-corrected chi connectivity index (χ4v) is 3.98. The molecule has 134 valence electrons. The third-order valence-corrected chi connectivity index (χ3v) is 5.39. The van der Waals surface area contributed by atoms with Crippen LogP contribution in [0.2, 0.25) is 0 Å². The highest BCUT2D eigenvalue weighted by Crippen LogP contribution is 2.45. The van der Waals surface area contributed by atoms with E-state index in [1.54, 1.807) is 11.0 Å². The van der Waals surface area contributed by atoms with Crippen LogP contribution in [0.3, 0.4) is 0 Å². The highest BCUT2D eigenvalue weighted by Gasteiger charge is 2.52. The van der Waals surface area contributed by atoms with Crippen molar-refractivity contribution < 1.29 is 19.1 Å². The quantitative estimate of drug-likeness (QED) is 0.741. The van der Waals surface area contributed by atoms with E-state index in [0.29, 0.717) is 38.6 Å². The molecule has 0 aromatic rings. The van der Waals surface area contributed by atoms with E-state index < -0.39 is 5.54 Å². The number of carbonyl (C=O) groups is 2. The number of amides is 2. The second kappa shape index (κ2) is 7.55. The zero-order valence-electron chi connectivity index (χ0n) is 14.6. The number of rotatable bonds is 4. The zero-order valence-corrected chi connectivity index (χ0v) is 14.6. The molecule has 0 N–H and O–H groups in total. The molecule has 3 aliphatic rings. The van der Waals surface area contributed by atoms with Crippen LogP contribution in [0, 0.1) is 0 Å². The lowest BCUT2D eigenvalue weighted by molar-refractivity contribution is -0.130. The third kappa shape index (κ3) is 3.29. The van der Waals surface area contributed by atoms with E-state index >= 15 is 0 Å². The first-order chi connectivity index (χ1) is 11.7. The predicted molar refractivity (Wildman–Crippen MR) is 89.4 cm³/mol. The van der Waals surface area contributed by atoms with Crippen molar-refractivity contribution in [1.29, 1.82) is 0 Å². The maximum Gasteiger partial charge on any atom is 0.415 e. The van der Waals surface area contributed by atoms with Crippen LogP contribution in [-0.2, 0) is 14.3 Å². The van der Waals surface area contributed by atoms with E-state index in [2.05, 4.69) is 6.92 Å². The van der Waals surface area contributed by atoms with E-state index in [4.69, 9.17) is 9.47 Å². The molecule has 3 fully saturated rings. The van der Waals surface area contributed by atoms with Gasteiger partial charge in [-0.2, -0.15) is 0 Å². The Bertz CT molecular complexity index is 505. The van der Waals surface area contributed by atoms with E-state index in [0.717, 1.165) is 38.5 Å². The maximum atomic E-state index is 12.6. The molecule has 1 aliphatic carbocycles. The highest BCUT2D eigenvalue weighted by atomic mass is 16.6. The molecule has 2 saturated heterocycles. The largest absolute Gasteiger partial charge is 0.415 e. The van der Waals surface area contributed by atoms with E-state index in [9.17, 15) is 9.59 Å². The van der Waals surface area contributed by atoms with Crippen LogP contribution in [0.5, 0.6) is 0 Å². The molecule has 0 unspecified atom stereocenters. The van der Waals surface area contributed by atoms with Gasteiger partial charge in [-0.3, -0.25) is 9.69 Å². The minimum atomic E-state index is -0.396. The van der Waals surface area contributed by atoms with Gasteiger partial charge in [0.15, 0.2) is 0 Å².